The molecule has 0 aliphatic rings. The van der Waals surface area contributed by atoms with Gasteiger partial charge in [-0.15, -0.1) is 12.6 Å². The van der Waals surface area contributed by atoms with Gasteiger partial charge in [0.15, 0.2) is 0 Å². The second-order valence-electron chi connectivity index (χ2n) is 1.33. The number of nitrogens with one attached hydrogen (secondary N) is 1. The minimum Gasteiger partial charge on any atom is -0.390 e. The molecule has 0 aromatic rings. The van der Waals surface area contributed by atoms with Gasteiger partial charge in [0, 0.05) is 6.20 Å². The van der Waals surface area contributed by atoms with E-state index in [9.17, 15) is 0 Å². The summed E-state index contributed by atoms with van der Waals surface area (Å²) in [5, 5.41) is 3.26. The number of rotatable bonds is 3. The van der Waals surface area contributed by atoms with Crippen molar-refractivity contribution in [1.29, 1.82) is 0 Å². The predicted octanol–water partition coefficient (Wildman–Crippen LogP) is 0.777. The molecule has 0 bridgehead atoms. The number of thiocarbonyl (C=S) groups is 1. The lowest BCUT2D eigenvalue weighted by Gasteiger charge is -1.92. The molecule has 0 aromatic carbocycles. The van der Waals surface area contributed by atoms with Gasteiger partial charge < -0.3 is 11.1 Å². The lowest BCUT2D eigenvalue weighted by Crippen LogP contribution is -2.05. The van der Waals surface area contributed by atoms with Crippen LogP contribution in [-0.2, 0) is 0 Å². The van der Waals surface area contributed by atoms with Crippen LogP contribution < -0.4 is 11.1 Å². The van der Waals surface area contributed by atoms with Gasteiger partial charge in [0.05, 0.1) is 10.0 Å². The van der Waals surface area contributed by atoms with E-state index in [-0.39, 0.29) is 0 Å². The van der Waals surface area contributed by atoms with E-state index in [1.165, 1.54) is 0 Å². The Kier molecular flexibility index (Phi) is 4.17. The summed E-state index contributed by atoms with van der Waals surface area (Å²) in [5.74, 6) is 0. The molecular weight excluding hydrogens is 152 g/mol. The van der Waals surface area contributed by atoms with Crippen LogP contribution in [0.25, 0.3) is 0 Å². The molecule has 0 fully saturated rings. The Morgan fingerprint density at radius 2 is 2.33 bits per heavy atom. The zero-order valence-electron chi connectivity index (χ0n) is 4.79. The third kappa shape index (κ3) is 7.52. The predicted molar refractivity (Wildman–Crippen MR) is 47.2 cm³/mol. The van der Waals surface area contributed by atoms with Crippen LogP contribution in [0.1, 0.15) is 0 Å². The monoisotopic (exact) mass is 160 g/mol. The van der Waals surface area contributed by atoms with Crippen molar-refractivity contribution in [3.05, 3.63) is 23.9 Å². The van der Waals surface area contributed by atoms with Gasteiger partial charge in [0.1, 0.15) is 0 Å². The van der Waals surface area contributed by atoms with Crippen LogP contribution in [-0.4, -0.2) is 4.99 Å². The first-order valence-corrected chi connectivity index (χ1v) is 3.09. The zero-order valence-corrected chi connectivity index (χ0v) is 6.51. The van der Waals surface area contributed by atoms with Crippen LogP contribution in [0.5, 0.6) is 0 Å². The van der Waals surface area contributed by atoms with Crippen molar-refractivity contribution in [2.75, 3.05) is 0 Å². The summed E-state index contributed by atoms with van der Waals surface area (Å²) < 4.78 is 0. The van der Waals surface area contributed by atoms with Gasteiger partial charge in [-0.1, -0.05) is 18.8 Å². The van der Waals surface area contributed by atoms with Crippen molar-refractivity contribution in [3.63, 3.8) is 0 Å². The van der Waals surface area contributed by atoms with Crippen LogP contribution >= 0.6 is 24.8 Å². The molecule has 0 amide bonds. The second kappa shape index (κ2) is 4.40. The van der Waals surface area contributed by atoms with E-state index in [2.05, 4.69) is 36.7 Å². The summed E-state index contributed by atoms with van der Waals surface area (Å²) >= 11 is 8.40. The Morgan fingerprint density at radius 3 is 2.67 bits per heavy atom. The molecule has 0 atom stereocenters. The minimum absolute atomic E-state index is 0.331. The van der Waals surface area contributed by atoms with Gasteiger partial charge in [0.2, 0.25) is 0 Å². The van der Waals surface area contributed by atoms with Crippen molar-refractivity contribution < 1.29 is 0 Å². The van der Waals surface area contributed by atoms with Crippen LogP contribution in [0.3, 0.4) is 0 Å². The molecule has 0 saturated heterocycles. The standard InChI is InChI=1S/C5H8N2S2/c1-4(8)7-3-2-5(6)9/h2-3,7-8H,1H2,(H2,6,9). The maximum atomic E-state index is 5.13. The summed E-state index contributed by atoms with van der Waals surface area (Å²) in [4.78, 5) is 0.331. The molecule has 0 spiro atoms. The molecule has 0 heterocycles. The van der Waals surface area contributed by atoms with E-state index in [0.29, 0.717) is 10.0 Å². The average Bonchev–Trinajstić information content (AvgIpc) is 1.63. The largest absolute Gasteiger partial charge is 0.390 e. The number of hydrogen-bond acceptors (Lipinski definition) is 3. The number of hydrogen-bond donors (Lipinski definition) is 3. The minimum atomic E-state index is 0.331. The molecule has 4 heteroatoms. The Bertz CT molecular complexity index is 151. The van der Waals surface area contributed by atoms with Crippen molar-refractivity contribution in [2.24, 2.45) is 5.73 Å². The molecule has 3 N–H and O–H groups in total. The van der Waals surface area contributed by atoms with E-state index >= 15 is 0 Å². The van der Waals surface area contributed by atoms with Gasteiger partial charge in [0.25, 0.3) is 0 Å². The molecule has 0 aliphatic heterocycles. The van der Waals surface area contributed by atoms with Crippen LogP contribution in [0.15, 0.2) is 23.9 Å². The fourth-order valence-corrected chi connectivity index (χ4v) is 0.363. The van der Waals surface area contributed by atoms with Crippen molar-refractivity contribution in [2.45, 2.75) is 0 Å². The normalized spacial score (nSPS) is 9.44. The molecule has 0 rings (SSSR count). The molecule has 50 valence electrons. The van der Waals surface area contributed by atoms with Gasteiger partial charge in [-0.25, -0.2) is 0 Å². The molecule has 0 aliphatic carbocycles. The first kappa shape index (κ1) is 8.52. The highest BCUT2D eigenvalue weighted by Crippen LogP contribution is 1.86. The Hall–Kier alpha value is -0.480. The molecular formula is C5H8N2S2. The molecule has 2 nitrogen and oxygen atoms in total. The summed E-state index contributed by atoms with van der Waals surface area (Å²) in [5.41, 5.74) is 5.13. The van der Waals surface area contributed by atoms with Gasteiger partial charge in [-0.3, -0.25) is 0 Å². The first-order valence-electron chi connectivity index (χ1n) is 2.23. The Labute approximate surface area is 65.2 Å². The highest BCUT2D eigenvalue weighted by molar-refractivity contribution is 7.84. The van der Waals surface area contributed by atoms with E-state index in [0.717, 1.165) is 0 Å². The third-order valence-corrected chi connectivity index (χ3v) is 0.763. The molecule has 0 radical (unpaired) electrons. The SMILES string of the molecule is C=C(S)NC=CC(N)=S. The van der Waals surface area contributed by atoms with Crippen LogP contribution in [0.2, 0.25) is 0 Å². The molecule has 0 aromatic heterocycles. The third-order valence-electron chi connectivity index (χ3n) is 0.498. The number of thiol groups is 1. The van der Waals surface area contributed by atoms with Crippen LogP contribution in [0, 0.1) is 0 Å². The smallest absolute Gasteiger partial charge is 0.0976 e. The molecule has 0 saturated carbocycles. The Balaban J connectivity index is 3.48. The highest BCUT2D eigenvalue weighted by Gasteiger charge is 1.76. The van der Waals surface area contributed by atoms with Gasteiger partial charge in [-0.05, 0) is 6.08 Å². The van der Waals surface area contributed by atoms with E-state index < -0.39 is 0 Å². The fraction of sp³-hybridized carbons (Fsp3) is 0. The summed E-state index contributed by atoms with van der Waals surface area (Å²) in [7, 11) is 0. The fourth-order valence-electron chi connectivity index (χ4n) is 0.220. The maximum Gasteiger partial charge on any atom is 0.0976 e. The molecule has 9 heavy (non-hydrogen) atoms. The first-order chi connectivity index (χ1) is 4.13. The van der Waals surface area contributed by atoms with Gasteiger partial charge in [-0.2, -0.15) is 0 Å². The summed E-state index contributed by atoms with van der Waals surface area (Å²) in [6, 6.07) is 0. The molecule has 0 unspecified atom stereocenters. The topological polar surface area (TPSA) is 38.0 Å². The Morgan fingerprint density at radius 1 is 1.78 bits per heavy atom. The maximum absolute atomic E-state index is 5.13. The lowest BCUT2D eigenvalue weighted by molar-refractivity contribution is 1.18. The quantitative estimate of drug-likeness (QED) is 0.324. The van der Waals surface area contributed by atoms with E-state index in [1.54, 1.807) is 12.3 Å². The zero-order chi connectivity index (χ0) is 7.28. The second-order valence-corrected chi connectivity index (χ2v) is 2.34. The van der Waals surface area contributed by atoms with Crippen molar-refractivity contribution in [1.82, 2.24) is 5.32 Å². The van der Waals surface area contributed by atoms with Crippen LogP contribution in [0.4, 0.5) is 0 Å². The lowest BCUT2D eigenvalue weighted by atomic mass is 10.6. The van der Waals surface area contributed by atoms with E-state index in [4.69, 9.17) is 5.73 Å². The van der Waals surface area contributed by atoms with E-state index in [1.807, 2.05) is 0 Å². The summed E-state index contributed by atoms with van der Waals surface area (Å²) in [6.45, 7) is 3.47. The summed E-state index contributed by atoms with van der Waals surface area (Å²) in [6.07, 6.45) is 3.13. The van der Waals surface area contributed by atoms with Gasteiger partial charge >= 0.3 is 0 Å². The van der Waals surface area contributed by atoms with Crippen molar-refractivity contribution >= 4 is 29.8 Å². The van der Waals surface area contributed by atoms with Crippen molar-refractivity contribution in [3.8, 4) is 0 Å². The number of nitrogens with two attached hydrogens (primary N) is 1. The average molecular weight is 160 g/mol. The highest BCUT2D eigenvalue weighted by atomic mass is 32.1.